The monoisotopic (exact) mass is 236 g/mol. The molecule has 0 aromatic heterocycles. The van der Waals surface area contributed by atoms with E-state index in [9.17, 15) is 8.78 Å². The lowest BCUT2D eigenvalue weighted by Crippen LogP contribution is -2.31. The molecule has 1 saturated carbocycles. The van der Waals surface area contributed by atoms with E-state index in [-0.39, 0.29) is 18.5 Å². The van der Waals surface area contributed by atoms with Crippen LogP contribution in [0.5, 0.6) is 0 Å². The maximum atomic E-state index is 13.4. The Labute approximate surface area is 99.3 Å². The Morgan fingerprint density at radius 3 is 2.94 bits per heavy atom. The van der Waals surface area contributed by atoms with Crippen LogP contribution in [-0.2, 0) is 6.54 Å². The summed E-state index contributed by atoms with van der Waals surface area (Å²) in [6.07, 6.45) is 2.83. The molecular formula is C13H14F2N2. The highest BCUT2D eigenvalue weighted by molar-refractivity contribution is 5.18. The minimum atomic E-state index is -0.438. The summed E-state index contributed by atoms with van der Waals surface area (Å²) in [4.78, 5) is 0. The number of rotatable bonds is 3. The number of nitriles is 1. The molecule has 4 heteroatoms. The highest BCUT2D eigenvalue weighted by atomic mass is 19.1. The van der Waals surface area contributed by atoms with Gasteiger partial charge in [0.15, 0.2) is 0 Å². The zero-order valence-electron chi connectivity index (χ0n) is 9.42. The lowest BCUT2D eigenvalue weighted by atomic mass is 10.1. The summed E-state index contributed by atoms with van der Waals surface area (Å²) in [5.74, 6) is -0.858. The van der Waals surface area contributed by atoms with Crippen LogP contribution in [-0.4, -0.2) is 6.04 Å². The van der Waals surface area contributed by atoms with Crippen LogP contribution in [0.15, 0.2) is 18.2 Å². The summed E-state index contributed by atoms with van der Waals surface area (Å²) in [6, 6.07) is 5.77. The van der Waals surface area contributed by atoms with Crippen LogP contribution < -0.4 is 5.32 Å². The van der Waals surface area contributed by atoms with E-state index in [2.05, 4.69) is 11.4 Å². The predicted octanol–water partition coefficient (Wildman–Crippen LogP) is 2.75. The lowest BCUT2D eigenvalue weighted by Gasteiger charge is -2.15. The second-order valence-electron chi connectivity index (χ2n) is 4.39. The van der Waals surface area contributed by atoms with Crippen LogP contribution in [0.3, 0.4) is 0 Å². The summed E-state index contributed by atoms with van der Waals surface area (Å²) in [7, 11) is 0. The number of halogens is 2. The third-order valence-electron chi connectivity index (χ3n) is 3.24. The highest BCUT2D eigenvalue weighted by Crippen LogP contribution is 2.25. The van der Waals surface area contributed by atoms with E-state index in [0.717, 1.165) is 31.4 Å². The topological polar surface area (TPSA) is 35.8 Å². The number of hydrogen-bond acceptors (Lipinski definition) is 2. The maximum absolute atomic E-state index is 13.4. The van der Waals surface area contributed by atoms with Crippen molar-refractivity contribution in [1.29, 1.82) is 5.26 Å². The molecule has 0 saturated heterocycles. The van der Waals surface area contributed by atoms with Crippen LogP contribution in [0.2, 0.25) is 0 Å². The number of benzene rings is 1. The van der Waals surface area contributed by atoms with E-state index in [4.69, 9.17) is 5.26 Å². The van der Waals surface area contributed by atoms with Crippen molar-refractivity contribution in [2.45, 2.75) is 31.8 Å². The average molecular weight is 236 g/mol. The maximum Gasteiger partial charge on any atom is 0.127 e. The van der Waals surface area contributed by atoms with Gasteiger partial charge in [0.25, 0.3) is 0 Å². The number of nitrogens with one attached hydrogen (secondary N) is 1. The van der Waals surface area contributed by atoms with Crippen LogP contribution in [0.4, 0.5) is 8.78 Å². The molecule has 17 heavy (non-hydrogen) atoms. The molecule has 2 nitrogen and oxygen atoms in total. The third-order valence-corrected chi connectivity index (χ3v) is 3.24. The van der Waals surface area contributed by atoms with Crippen LogP contribution in [0.1, 0.15) is 24.8 Å². The Balaban J connectivity index is 1.98. The van der Waals surface area contributed by atoms with Crippen molar-refractivity contribution >= 4 is 0 Å². The van der Waals surface area contributed by atoms with Crippen LogP contribution >= 0.6 is 0 Å². The third kappa shape index (κ3) is 2.80. The van der Waals surface area contributed by atoms with Crippen molar-refractivity contribution in [2.24, 2.45) is 5.92 Å². The number of nitrogens with zero attached hydrogens (tertiary/aromatic N) is 1. The van der Waals surface area contributed by atoms with Gasteiger partial charge in [0.1, 0.15) is 11.6 Å². The van der Waals surface area contributed by atoms with Crippen LogP contribution in [0, 0.1) is 28.9 Å². The van der Waals surface area contributed by atoms with E-state index >= 15 is 0 Å². The van der Waals surface area contributed by atoms with Gasteiger partial charge < -0.3 is 5.32 Å². The SMILES string of the molecule is N#CC1CCCC1NCc1cc(F)ccc1F. The molecule has 0 heterocycles. The van der Waals surface area contributed by atoms with Gasteiger partial charge in [0.05, 0.1) is 12.0 Å². The molecule has 1 N–H and O–H groups in total. The molecule has 0 bridgehead atoms. The fourth-order valence-electron chi connectivity index (χ4n) is 2.28. The van der Waals surface area contributed by atoms with Gasteiger partial charge in [0.2, 0.25) is 0 Å². The second kappa shape index (κ2) is 5.24. The van der Waals surface area contributed by atoms with Gasteiger partial charge in [-0.25, -0.2) is 8.78 Å². The van der Waals surface area contributed by atoms with E-state index in [1.165, 1.54) is 6.07 Å². The molecular weight excluding hydrogens is 222 g/mol. The van der Waals surface area contributed by atoms with E-state index in [1.807, 2.05) is 0 Å². The molecule has 0 radical (unpaired) electrons. The zero-order chi connectivity index (χ0) is 12.3. The summed E-state index contributed by atoms with van der Waals surface area (Å²) < 4.78 is 26.3. The summed E-state index contributed by atoms with van der Waals surface area (Å²) >= 11 is 0. The standard InChI is InChI=1S/C13H14F2N2/c14-11-4-5-12(15)10(6-11)8-17-13-3-1-2-9(13)7-16/h4-6,9,13,17H,1-3,8H2. The molecule has 2 atom stereocenters. The molecule has 1 aromatic carbocycles. The normalized spacial score (nSPS) is 23.6. The molecule has 2 unspecified atom stereocenters. The van der Waals surface area contributed by atoms with E-state index < -0.39 is 11.6 Å². The molecule has 0 amide bonds. The van der Waals surface area contributed by atoms with Crippen molar-refractivity contribution in [1.82, 2.24) is 5.32 Å². The molecule has 1 fully saturated rings. The minimum Gasteiger partial charge on any atom is -0.309 e. The van der Waals surface area contributed by atoms with Gasteiger partial charge in [-0.05, 0) is 31.0 Å². The first-order valence-electron chi connectivity index (χ1n) is 5.77. The summed E-state index contributed by atoms with van der Waals surface area (Å²) in [6.45, 7) is 0.270. The molecule has 1 aliphatic carbocycles. The first kappa shape index (κ1) is 12.0. The predicted molar refractivity (Wildman–Crippen MR) is 59.9 cm³/mol. The van der Waals surface area contributed by atoms with Gasteiger partial charge in [-0.3, -0.25) is 0 Å². The van der Waals surface area contributed by atoms with Gasteiger partial charge in [0, 0.05) is 18.2 Å². The molecule has 90 valence electrons. The Kier molecular flexibility index (Phi) is 3.70. The second-order valence-corrected chi connectivity index (χ2v) is 4.39. The first-order valence-corrected chi connectivity index (χ1v) is 5.77. The van der Waals surface area contributed by atoms with Gasteiger partial charge in [-0.2, -0.15) is 5.26 Å². The van der Waals surface area contributed by atoms with Crippen LogP contribution in [0.25, 0.3) is 0 Å². The molecule has 0 aliphatic heterocycles. The molecule has 2 rings (SSSR count). The zero-order valence-corrected chi connectivity index (χ0v) is 9.42. The Bertz CT molecular complexity index is 440. The summed E-state index contributed by atoms with van der Waals surface area (Å²) in [5.41, 5.74) is 0.314. The fraction of sp³-hybridized carbons (Fsp3) is 0.462. The Morgan fingerprint density at radius 1 is 1.35 bits per heavy atom. The van der Waals surface area contributed by atoms with Crippen molar-refractivity contribution in [2.75, 3.05) is 0 Å². The van der Waals surface area contributed by atoms with Crippen molar-refractivity contribution in [3.8, 4) is 6.07 Å². The molecule has 1 aliphatic rings. The van der Waals surface area contributed by atoms with E-state index in [1.54, 1.807) is 0 Å². The average Bonchev–Trinajstić information content (AvgIpc) is 2.77. The smallest absolute Gasteiger partial charge is 0.127 e. The van der Waals surface area contributed by atoms with Gasteiger partial charge >= 0.3 is 0 Å². The largest absolute Gasteiger partial charge is 0.309 e. The van der Waals surface area contributed by atoms with Crippen molar-refractivity contribution < 1.29 is 8.78 Å². The number of hydrogen-bond donors (Lipinski definition) is 1. The van der Waals surface area contributed by atoms with Gasteiger partial charge in [-0.1, -0.05) is 6.42 Å². The van der Waals surface area contributed by atoms with Crippen molar-refractivity contribution in [3.63, 3.8) is 0 Å². The fourth-order valence-corrected chi connectivity index (χ4v) is 2.28. The molecule has 0 spiro atoms. The van der Waals surface area contributed by atoms with E-state index in [0.29, 0.717) is 5.56 Å². The van der Waals surface area contributed by atoms with Crippen molar-refractivity contribution in [3.05, 3.63) is 35.4 Å². The highest BCUT2D eigenvalue weighted by Gasteiger charge is 2.26. The molecule has 1 aromatic rings. The summed E-state index contributed by atoms with van der Waals surface area (Å²) in [5, 5.41) is 12.0. The minimum absolute atomic E-state index is 0.00776. The lowest BCUT2D eigenvalue weighted by molar-refractivity contribution is 0.455. The quantitative estimate of drug-likeness (QED) is 0.875. The van der Waals surface area contributed by atoms with Gasteiger partial charge in [-0.15, -0.1) is 0 Å². The first-order chi connectivity index (χ1) is 8.20. The Morgan fingerprint density at radius 2 is 2.18 bits per heavy atom. The Hall–Kier alpha value is -1.47.